The van der Waals surface area contributed by atoms with Crippen molar-refractivity contribution in [3.05, 3.63) is 77.9 Å². The Balaban J connectivity index is 1.65. The highest BCUT2D eigenvalue weighted by Gasteiger charge is 2.44. The molecular weight excluding hydrogens is 464 g/mol. The number of imidazole rings is 1. The van der Waals surface area contributed by atoms with Crippen molar-refractivity contribution in [2.75, 3.05) is 6.26 Å². The van der Waals surface area contributed by atoms with Crippen molar-refractivity contribution in [3.8, 4) is 16.9 Å². The first-order valence-corrected chi connectivity index (χ1v) is 12.4. The van der Waals surface area contributed by atoms with Crippen LogP contribution in [0.3, 0.4) is 0 Å². The van der Waals surface area contributed by atoms with Gasteiger partial charge in [0, 0.05) is 41.3 Å². The van der Waals surface area contributed by atoms with E-state index in [1.807, 2.05) is 16.7 Å². The molecule has 1 N–H and O–H groups in total. The fourth-order valence-electron chi connectivity index (χ4n) is 4.55. The number of aromatic nitrogens is 3. The number of benzene rings is 1. The number of rotatable bonds is 5. The molecule has 7 nitrogen and oxygen atoms in total. The summed E-state index contributed by atoms with van der Waals surface area (Å²) in [6.07, 6.45) is 4.65. The summed E-state index contributed by atoms with van der Waals surface area (Å²) in [5, 5.41) is 11.1. The van der Waals surface area contributed by atoms with E-state index in [0.29, 0.717) is 28.2 Å². The first kappa shape index (κ1) is 22.4. The highest BCUT2D eigenvalue weighted by molar-refractivity contribution is 7.90. The van der Waals surface area contributed by atoms with Gasteiger partial charge in [-0.05, 0) is 43.7 Å². The summed E-state index contributed by atoms with van der Waals surface area (Å²) in [6.45, 7) is -1.32. The van der Waals surface area contributed by atoms with E-state index >= 15 is 0 Å². The predicted molar refractivity (Wildman–Crippen MR) is 121 cm³/mol. The molecule has 0 radical (unpaired) electrons. The average molecular weight is 486 g/mol. The van der Waals surface area contributed by atoms with Crippen LogP contribution in [0, 0.1) is 0 Å². The van der Waals surface area contributed by atoms with E-state index in [9.17, 15) is 22.3 Å². The van der Waals surface area contributed by atoms with E-state index in [2.05, 4.69) is 9.97 Å². The van der Waals surface area contributed by atoms with Crippen LogP contribution < -0.4 is 4.74 Å². The third-order valence-electron chi connectivity index (χ3n) is 6.06. The van der Waals surface area contributed by atoms with Crippen LogP contribution in [0.25, 0.3) is 16.8 Å². The number of hydrogen-bond acceptors (Lipinski definition) is 6. The summed E-state index contributed by atoms with van der Waals surface area (Å²) in [7, 11) is -3.42. The molecule has 176 valence electrons. The summed E-state index contributed by atoms with van der Waals surface area (Å²) in [5.41, 5.74) is 2.48. The lowest BCUT2D eigenvalue weighted by atomic mass is 9.93. The number of halogens is 2. The Kier molecular flexibility index (Phi) is 5.18. The molecule has 0 aliphatic heterocycles. The van der Waals surface area contributed by atoms with Gasteiger partial charge in [-0.25, -0.2) is 18.4 Å². The van der Waals surface area contributed by atoms with Crippen molar-refractivity contribution >= 4 is 15.5 Å². The first-order chi connectivity index (χ1) is 16.0. The van der Waals surface area contributed by atoms with Crippen LogP contribution in [-0.4, -0.2) is 40.8 Å². The summed E-state index contributed by atoms with van der Waals surface area (Å²) in [4.78, 5) is 8.67. The summed E-state index contributed by atoms with van der Waals surface area (Å²) >= 11 is 0. The molecule has 5 rings (SSSR count). The monoisotopic (exact) mass is 485 g/mol. The Labute approximate surface area is 194 Å². The van der Waals surface area contributed by atoms with Crippen LogP contribution in [-0.2, 0) is 15.4 Å². The normalized spacial score (nSPS) is 20.1. The van der Waals surface area contributed by atoms with Crippen LogP contribution in [0.4, 0.5) is 8.78 Å². The van der Waals surface area contributed by atoms with E-state index in [0.717, 1.165) is 11.8 Å². The molecule has 1 unspecified atom stereocenters. The number of para-hydroxylation sites is 1. The van der Waals surface area contributed by atoms with E-state index in [4.69, 9.17) is 4.74 Å². The number of aliphatic hydroxyl groups is 1. The van der Waals surface area contributed by atoms with Crippen LogP contribution in [0.2, 0.25) is 0 Å². The zero-order valence-corrected chi connectivity index (χ0v) is 19.1. The topological polar surface area (TPSA) is 93.8 Å². The molecule has 3 heterocycles. The Morgan fingerprint density at radius 3 is 2.56 bits per heavy atom. The van der Waals surface area contributed by atoms with Crippen LogP contribution in [0.15, 0.2) is 66.0 Å². The van der Waals surface area contributed by atoms with Gasteiger partial charge in [-0.3, -0.25) is 0 Å². The molecular formula is C24H21F2N3O4S. The third kappa shape index (κ3) is 3.82. The molecule has 1 aliphatic carbocycles. The molecule has 1 aromatic carbocycles. The van der Waals surface area contributed by atoms with Gasteiger partial charge in [0.15, 0.2) is 14.9 Å². The van der Waals surface area contributed by atoms with Gasteiger partial charge in [-0.15, -0.1) is 0 Å². The van der Waals surface area contributed by atoms with Gasteiger partial charge >= 0.3 is 6.61 Å². The number of sulfone groups is 1. The average Bonchev–Trinajstić information content (AvgIpc) is 3.28. The van der Waals surface area contributed by atoms with E-state index in [1.54, 1.807) is 37.3 Å². The van der Waals surface area contributed by atoms with Crippen molar-refractivity contribution in [2.24, 2.45) is 0 Å². The van der Waals surface area contributed by atoms with Crippen molar-refractivity contribution < 1.29 is 27.0 Å². The van der Waals surface area contributed by atoms with E-state index in [1.165, 1.54) is 18.3 Å². The summed E-state index contributed by atoms with van der Waals surface area (Å²) in [6, 6.07) is 13.3. The molecule has 1 aliphatic rings. The standard InChI is InChI=1S/C24H21F2N3O4S/c1-24(30)11-17(16-5-3-4-6-18(16)33-23(25)26)21-22(24)28-19-9-7-15(13-29(19)21)14-8-10-20(27-12-14)34(2,31)32/h3-10,12-13,17,23,30H,11H2,1-2H3/t17-,24?/m1/s1. The quantitative estimate of drug-likeness (QED) is 0.457. The fraction of sp³-hybridized carbons (Fsp3) is 0.250. The SMILES string of the molecule is CC1(O)C[C@H](c2ccccc2OC(F)F)c2c1nc1ccc(-c3ccc(S(C)(=O)=O)nc3)cn21. The minimum Gasteiger partial charge on any atom is -0.435 e. The van der Waals surface area contributed by atoms with Gasteiger partial charge in [0.1, 0.15) is 17.0 Å². The molecule has 0 saturated carbocycles. The van der Waals surface area contributed by atoms with Gasteiger partial charge in [0.05, 0.1) is 11.4 Å². The number of ether oxygens (including phenoxy) is 1. The first-order valence-electron chi connectivity index (χ1n) is 10.5. The lowest BCUT2D eigenvalue weighted by Crippen LogP contribution is -2.18. The van der Waals surface area contributed by atoms with E-state index < -0.39 is 28.0 Å². The molecule has 0 amide bonds. The van der Waals surface area contributed by atoms with Crippen molar-refractivity contribution in [1.82, 2.24) is 14.4 Å². The molecule has 4 aromatic rings. The van der Waals surface area contributed by atoms with Crippen molar-refractivity contribution in [1.29, 1.82) is 0 Å². The summed E-state index contributed by atoms with van der Waals surface area (Å²) < 4.78 is 56.1. The Morgan fingerprint density at radius 1 is 1.15 bits per heavy atom. The van der Waals surface area contributed by atoms with Crippen LogP contribution in [0.5, 0.6) is 5.75 Å². The predicted octanol–water partition coefficient (Wildman–Crippen LogP) is 4.14. The lowest BCUT2D eigenvalue weighted by molar-refractivity contribution is -0.0506. The lowest BCUT2D eigenvalue weighted by Gasteiger charge is -2.20. The van der Waals surface area contributed by atoms with Crippen molar-refractivity contribution in [2.45, 2.75) is 36.5 Å². The maximum absolute atomic E-state index is 13.0. The van der Waals surface area contributed by atoms with Gasteiger partial charge < -0.3 is 14.2 Å². The molecule has 10 heteroatoms. The third-order valence-corrected chi connectivity index (χ3v) is 7.06. The number of fused-ring (bicyclic) bond motifs is 3. The molecule has 3 aromatic heterocycles. The van der Waals surface area contributed by atoms with Crippen LogP contribution in [0.1, 0.15) is 36.2 Å². The number of nitrogens with zero attached hydrogens (tertiary/aromatic N) is 3. The molecule has 0 spiro atoms. The number of pyridine rings is 2. The maximum atomic E-state index is 13.0. The van der Waals surface area contributed by atoms with E-state index in [-0.39, 0.29) is 17.2 Å². The minimum atomic E-state index is -3.42. The van der Waals surface area contributed by atoms with Crippen molar-refractivity contribution in [3.63, 3.8) is 0 Å². The smallest absolute Gasteiger partial charge is 0.387 e. The van der Waals surface area contributed by atoms with Crippen LogP contribution >= 0.6 is 0 Å². The number of hydrogen-bond donors (Lipinski definition) is 1. The highest BCUT2D eigenvalue weighted by atomic mass is 32.2. The molecule has 0 bridgehead atoms. The largest absolute Gasteiger partial charge is 0.435 e. The Hall–Kier alpha value is -3.37. The highest BCUT2D eigenvalue weighted by Crippen LogP contribution is 2.49. The second-order valence-electron chi connectivity index (χ2n) is 8.60. The molecule has 0 saturated heterocycles. The minimum absolute atomic E-state index is 0.0207. The van der Waals surface area contributed by atoms with Gasteiger partial charge in [-0.1, -0.05) is 18.2 Å². The fourth-order valence-corrected chi connectivity index (χ4v) is 5.11. The Morgan fingerprint density at radius 2 is 1.88 bits per heavy atom. The molecule has 0 fully saturated rings. The maximum Gasteiger partial charge on any atom is 0.387 e. The second-order valence-corrected chi connectivity index (χ2v) is 10.6. The second kappa shape index (κ2) is 7.85. The molecule has 2 atom stereocenters. The van der Waals surface area contributed by atoms with Gasteiger partial charge in [0.2, 0.25) is 0 Å². The molecule has 34 heavy (non-hydrogen) atoms. The number of alkyl halides is 2. The zero-order chi connectivity index (χ0) is 24.3. The summed E-state index contributed by atoms with van der Waals surface area (Å²) in [5.74, 6) is -0.381. The zero-order valence-electron chi connectivity index (χ0n) is 18.3. The van der Waals surface area contributed by atoms with Gasteiger partial charge in [0.25, 0.3) is 0 Å². The Bertz CT molecular complexity index is 1500. The van der Waals surface area contributed by atoms with Gasteiger partial charge in [-0.2, -0.15) is 8.78 Å².